The largest absolute Gasteiger partial charge is 0.369 e. The Balaban J connectivity index is 2.71. The van der Waals surface area contributed by atoms with E-state index in [0.29, 0.717) is 0 Å². The van der Waals surface area contributed by atoms with E-state index < -0.39 is 27.7 Å². The van der Waals surface area contributed by atoms with Crippen molar-refractivity contribution in [1.29, 1.82) is 0 Å². The van der Waals surface area contributed by atoms with Crippen molar-refractivity contribution in [3.63, 3.8) is 0 Å². The van der Waals surface area contributed by atoms with Gasteiger partial charge in [0, 0.05) is 13.6 Å². The number of nitrogens with two attached hydrogens (primary N) is 1. The fourth-order valence-corrected chi connectivity index (χ4v) is 3.31. The van der Waals surface area contributed by atoms with Gasteiger partial charge in [0.15, 0.2) is 0 Å². The van der Waals surface area contributed by atoms with E-state index >= 15 is 0 Å². The number of sulfonamides is 1. The molecule has 17 heavy (non-hydrogen) atoms. The van der Waals surface area contributed by atoms with Crippen LogP contribution in [-0.4, -0.2) is 32.2 Å². The van der Waals surface area contributed by atoms with Gasteiger partial charge in [-0.1, -0.05) is 0 Å². The smallest absolute Gasteiger partial charge is 0.243 e. The van der Waals surface area contributed by atoms with Crippen molar-refractivity contribution < 1.29 is 17.6 Å². The van der Waals surface area contributed by atoms with E-state index in [2.05, 4.69) is 0 Å². The van der Waals surface area contributed by atoms with Gasteiger partial charge in [-0.15, -0.1) is 0 Å². The lowest BCUT2D eigenvalue weighted by molar-refractivity contribution is -0.119. The molecule has 0 aromatic heterocycles. The summed E-state index contributed by atoms with van der Waals surface area (Å²) in [5.41, 5.74) is 5.33. The van der Waals surface area contributed by atoms with Crippen LogP contribution < -0.4 is 5.73 Å². The van der Waals surface area contributed by atoms with Gasteiger partial charge in [-0.2, -0.15) is 4.31 Å². The lowest BCUT2D eigenvalue weighted by Crippen LogP contribution is -2.41. The molecule has 1 amide bonds. The third-order valence-corrected chi connectivity index (χ3v) is 4.72. The molecule has 7 heteroatoms. The molecule has 0 radical (unpaired) electrons. The first-order valence-corrected chi connectivity index (χ1v) is 6.33. The molecule has 0 saturated carbocycles. The number of likely N-dealkylation sites (N-methyl/N-ethyl adjacent to an activating group) is 1. The third kappa shape index (κ3) is 1.81. The molecule has 1 aromatic carbocycles. The average Bonchev–Trinajstić information content (AvgIpc) is 2.22. The Morgan fingerprint density at radius 1 is 1.53 bits per heavy atom. The zero-order valence-electron chi connectivity index (χ0n) is 9.05. The molecule has 1 aromatic rings. The summed E-state index contributed by atoms with van der Waals surface area (Å²) < 4.78 is 38.0. The molecule has 0 saturated heterocycles. The van der Waals surface area contributed by atoms with E-state index in [-0.39, 0.29) is 17.0 Å². The van der Waals surface area contributed by atoms with E-state index in [4.69, 9.17) is 5.73 Å². The first-order chi connectivity index (χ1) is 7.84. The standard InChI is InChI=1S/C10H11FN2O3S/c1-13-5-8(10(12)14)7-4-6(11)2-3-9(7)17(13,15)16/h2-4,8H,5H2,1H3,(H2,12,14). The van der Waals surface area contributed by atoms with E-state index in [1.54, 1.807) is 0 Å². The number of hydrogen-bond donors (Lipinski definition) is 1. The second-order valence-electron chi connectivity index (χ2n) is 3.92. The van der Waals surface area contributed by atoms with Crippen molar-refractivity contribution in [2.45, 2.75) is 10.8 Å². The average molecular weight is 258 g/mol. The molecular formula is C10H11FN2O3S. The summed E-state index contributed by atoms with van der Waals surface area (Å²) in [6.45, 7) is -0.0614. The van der Waals surface area contributed by atoms with Crippen LogP contribution in [0.15, 0.2) is 23.1 Å². The van der Waals surface area contributed by atoms with Crippen molar-refractivity contribution in [2.75, 3.05) is 13.6 Å². The zero-order chi connectivity index (χ0) is 12.8. The minimum absolute atomic E-state index is 0.0588. The van der Waals surface area contributed by atoms with Gasteiger partial charge in [-0.05, 0) is 23.8 Å². The molecule has 1 aliphatic heterocycles. The van der Waals surface area contributed by atoms with Gasteiger partial charge in [0.05, 0.1) is 10.8 Å². The maximum absolute atomic E-state index is 13.1. The number of nitrogens with zero attached hydrogens (tertiary/aromatic N) is 1. The molecule has 92 valence electrons. The number of amides is 1. The molecule has 0 spiro atoms. The Kier molecular flexibility index (Phi) is 2.67. The van der Waals surface area contributed by atoms with Crippen LogP contribution in [0.5, 0.6) is 0 Å². The van der Waals surface area contributed by atoms with Gasteiger partial charge in [-0.25, -0.2) is 12.8 Å². The quantitative estimate of drug-likeness (QED) is 0.771. The number of carbonyl (C=O) groups excluding carboxylic acids is 1. The van der Waals surface area contributed by atoms with E-state index in [1.165, 1.54) is 7.05 Å². The minimum atomic E-state index is -3.65. The highest BCUT2D eigenvalue weighted by molar-refractivity contribution is 7.89. The molecule has 1 unspecified atom stereocenters. The van der Waals surface area contributed by atoms with Crippen LogP contribution in [0.1, 0.15) is 11.5 Å². The fraction of sp³-hybridized carbons (Fsp3) is 0.300. The number of halogens is 1. The van der Waals surface area contributed by atoms with E-state index in [1.807, 2.05) is 0 Å². The van der Waals surface area contributed by atoms with Gasteiger partial charge in [0.25, 0.3) is 0 Å². The molecule has 0 fully saturated rings. The number of benzene rings is 1. The van der Waals surface area contributed by atoms with E-state index in [0.717, 1.165) is 22.5 Å². The molecule has 2 rings (SSSR count). The third-order valence-electron chi connectivity index (χ3n) is 2.82. The van der Waals surface area contributed by atoms with Crippen molar-refractivity contribution in [3.8, 4) is 0 Å². The first kappa shape index (κ1) is 12.0. The van der Waals surface area contributed by atoms with Crippen molar-refractivity contribution in [3.05, 3.63) is 29.6 Å². The highest BCUT2D eigenvalue weighted by atomic mass is 32.2. The molecule has 1 atom stereocenters. The Labute approximate surface area is 98.1 Å². The molecule has 2 N–H and O–H groups in total. The van der Waals surface area contributed by atoms with Gasteiger partial charge in [0.2, 0.25) is 15.9 Å². The number of fused-ring (bicyclic) bond motifs is 1. The summed E-state index contributed by atoms with van der Waals surface area (Å²) in [5, 5.41) is 0. The number of primary amides is 1. The minimum Gasteiger partial charge on any atom is -0.369 e. The van der Waals surface area contributed by atoms with Crippen LogP contribution in [0, 0.1) is 5.82 Å². The second-order valence-corrected chi connectivity index (χ2v) is 5.94. The molecule has 1 aliphatic rings. The SMILES string of the molecule is CN1CC(C(N)=O)c2cc(F)ccc2S1(=O)=O. The maximum Gasteiger partial charge on any atom is 0.243 e. The molecular weight excluding hydrogens is 247 g/mol. The van der Waals surface area contributed by atoms with Crippen molar-refractivity contribution in [2.24, 2.45) is 5.73 Å². The maximum atomic E-state index is 13.1. The van der Waals surface area contributed by atoms with E-state index in [9.17, 15) is 17.6 Å². The lowest BCUT2D eigenvalue weighted by Gasteiger charge is -2.29. The number of hydrogen-bond acceptors (Lipinski definition) is 3. The predicted octanol–water partition coefficient (Wildman–Crippen LogP) is 0.0287. The number of carbonyl (C=O) groups is 1. The summed E-state index contributed by atoms with van der Waals surface area (Å²) in [4.78, 5) is 11.2. The summed E-state index contributed by atoms with van der Waals surface area (Å²) in [6.07, 6.45) is 0. The Morgan fingerprint density at radius 2 is 2.18 bits per heavy atom. The van der Waals surface area contributed by atoms with Crippen LogP contribution in [0.2, 0.25) is 0 Å². The van der Waals surface area contributed by atoms with Crippen molar-refractivity contribution >= 4 is 15.9 Å². The molecule has 5 nitrogen and oxygen atoms in total. The Hall–Kier alpha value is -1.47. The zero-order valence-corrected chi connectivity index (χ0v) is 9.87. The lowest BCUT2D eigenvalue weighted by atomic mass is 9.98. The normalized spacial score (nSPS) is 23.1. The monoisotopic (exact) mass is 258 g/mol. The summed E-state index contributed by atoms with van der Waals surface area (Å²) in [6, 6.07) is 3.26. The molecule has 1 heterocycles. The van der Waals surface area contributed by atoms with Crippen LogP contribution in [0.4, 0.5) is 4.39 Å². The highest BCUT2D eigenvalue weighted by Gasteiger charge is 2.37. The van der Waals surface area contributed by atoms with Crippen LogP contribution in [0.3, 0.4) is 0 Å². The first-order valence-electron chi connectivity index (χ1n) is 4.89. The van der Waals surface area contributed by atoms with Crippen LogP contribution in [0.25, 0.3) is 0 Å². The fourth-order valence-electron chi connectivity index (χ4n) is 1.89. The summed E-state index contributed by atoms with van der Waals surface area (Å²) in [5.74, 6) is -2.07. The van der Waals surface area contributed by atoms with Gasteiger partial charge in [0.1, 0.15) is 5.82 Å². The van der Waals surface area contributed by atoms with Gasteiger partial charge >= 0.3 is 0 Å². The summed E-state index contributed by atoms with van der Waals surface area (Å²) in [7, 11) is -2.29. The van der Waals surface area contributed by atoms with Gasteiger partial charge < -0.3 is 5.73 Å². The van der Waals surface area contributed by atoms with Crippen molar-refractivity contribution in [1.82, 2.24) is 4.31 Å². The second kappa shape index (κ2) is 3.78. The van der Waals surface area contributed by atoms with Gasteiger partial charge in [-0.3, -0.25) is 4.79 Å². The Morgan fingerprint density at radius 3 is 2.76 bits per heavy atom. The Bertz CT molecular complexity index is 585. The topological polar surface area (TPSA) is 80.5 Å². The molecule has 0 bridgehead atoms. The highest BCUT2D eigenvalue weighted by Crippen LogP contribution is 2.32. The summed E-state index contributed by atoms with van der Waals surface area (Å²) >= 11 is 0. The molecule has 0 aliphatic carbocycles. The van der Waals surface area contributed by atoms with Crippen LogP contribution >= 0.6 is 0 Å². The van der Waals surface area contributed by atoms with Crippen LogP contribution in [-0.2, 0) is 14.8 Å². The predicted molar refractivity (Wildman–Crippen MR) is 58.2 cm³/mol. The number of rotatable bonds is 1.